The molecule has 1 aromatic rings. The van der Waals surface area contributed by atoms with Crippen molar-refractivity contribution in [2.45, 2.75) is 39.7 Å². The smallest absolute Gasteiger partial charge is 0.290 e. The second-order valence-corrected chi connectivity index (χ2v) is 5.29. The molecule has 1 aliphatic heterocycles. The van der Waals surface area contributed by atoms with Crippen molar-refractivity contribution in [3.8, 4) is 0 Å². The highest BCUT2D eigenvalue weighted by molar-refractivity contribution is 5.93. The number of hydrogen-bond acceptors (Lipinski definition) is 3. The number of piperidine rings is 1. The van der Waals surface area contributed by atoms with Crippen molar-refractivity contribution in [1.82, 2.24) is 4.90 Å². The van der Waals surface area contributed by atoms with Gasteiger partial charge in [-0.05, 0) is 38.7 Å². The first-order valence-corrected chi connectivity index (χ1v) is 6.62. The van der Waals surface area contributed by atoms with Crippen LogP contribution in [0.5, 0.6) is 0 Å². The van der Waals surface area contributed by atoms with Gasteiger partial charge in [0.2, 0.25) is 0 Å². The van der Waals surface area contributed by atoms with Gasteiger partial charge in [0.05, 0.1) is 0 Å². The number of nitrogens with zero attached hydrogens (tertiary/aromatic N) is 1. The molecule has 1 amide bonds. The second kappa shape index (κ2) is 5.14. The van der Waals surface area contributed by atoms with Gasteiger partial charge in [0, 0.05) is 24.7 Å². The fourth-order valence-corrected chi connectivity index (χ4v) is 2.84. The van der Waals surface area contributed by atoms with Crippen LogP contribution >= 0.6 is 0 Å². The number of hydrogen-bond donors (Lipinski definition) is 1. The van der Waals surface area contributed by atoms with Gasteiger partial charge in [-0.1, -0.05) is 6.92 Å². The van der Waals surface area contributed by atoms with Gasteiger partial charge >= 0.3 is 0 Å². The van der Waals surface area contributed by atoms with Crippen LogP contribution in [0.15, 0.2) is 10.5 Å². The van der Waals surface area contributed by atoms with Crippen molar-refractivity contribution < 1.29 is 9.21 Å². The normalized spacial score (nSPS) is 24.3. The SMILES string of the molecule is Cc1cc(C)c(C(=O)N2CCC[C@@H](C)[C@@H]2CN)o1. The quantitative estimate of drug-likeness (QED) is 0.874. The maximum Gasteiger partial charge on any atom is 0.290 e. The maximum atomic E-state index is 12.5. The number of carbonyl (C=O) groups excluding carboxylic acids is 1. The minimum absolute atomic E-state index is 0.0115. The summed E-state index contributed by atoms with van der Waals surface area (Å²) in [6.45, 7) is 7.24. The molecule has 1 aliphatic rings. The van der Waals surface area contributed by atoms with Crippen LogP contribution in [0.2, 0.25) is 0 Å². The third-order valence-electron chi connectivity index (χ3n) is 3.85. The molecule has 1 saturated heterocycles. The van der Waals surface area contributed by atoms with Gasteiger partial charge in [0.15, 0.2) is 5.76 Å². The van der Waals surface area contributed by atoms with Crippen LogP contribution in [0, 0.1) is 19.8 Å². The topological polar surface area (TPSA) is 59.5 Å². The van der Waals surface area contributed by atoms with E-state index in [1.165, 1.54) is 0 Å². The second-order valence-electron chi connectivity index (χ2n) is 5.29. The first kappa shape index (κ1) is 13.1. The zero-order chi connectivity index (χ0) is 13.3. The van der Waals surface area contributed by atoms with Crippen molar-refractivity contribution in [2.75, 3.05) is 13.1 Å². The van der Waals surface area contributed by atoms with Gasteiger partial charge in [0.25, 0.3) is 5.91 Å². The average molecular weight is 250 g/mol. The Morgan fingerprint density at radius 3 is 2.83 bits per heavy atom. The Labute approximate surface area is 108 Å². The predicted molar refractivity (Wildman–Crippen MR) is 70.5 cm³/mol. The maximum absolute atomic E-state index is 12.5. The van der Waals surface area contributed by atoms with Crippen molar-refractivity contribution in [1.29, 1.82) is 0 Å². The van der Waals surface area contributed by atoms with Gasteiger partial charge in [0.1, 0.15) is 5.76 Å². The first-order chi connectivity index (χ1) is 8.54. The molecule has 0 spiro atoms. The molecule has 0 aromatic carbocycles. The Kier molecular flexibility index (Phi) is 3.76. The number of carbonyl (C=O) groups is 1. The number of furan rings is 1. The fourth-order valence-electron chi connectivity index (χ4n) is 2.84. The molecule has 18 heavy (non-hydrogen) atoms. The van der Waals surface area contributed by atoms with Crippen molar-refractivity contribution >= 4 is 5.91 Å². The molecule has 2 rings (SSSR count). The number of amides is 1. The summed E-state index contributed by atoms with van der Waals surface area (Å²) in [7, 11) is 0. The number of rotatable bonds is 2. The molecule has 2 N–H and O–H groups in total. The molecule has 2 atom stereocenters. The minimum Gasteiger partial charge on any atom is -0.456 e. The number of likely N-dealkylation sites (tertiary alicyclic amines) is 1. The Balaban J connectivity index is 2.24. The Morgan fingerprint density at radius 1 is 1.56 bits per heavy atom. The van der Waals surface area contributed by atoms with E-state index in [0.717, 1.165) is 30.7 Å². The standard InChI is InChI=1S/C14H22N2O2/c1-9-5-4-6-16(12(9)8-15)14(17)13-10(2)7-11(3)18-13/h7,9,12H,4-6,8,15H2,1-3H3/t9-,12+/m1/s1. The van der Waals surface area contributed by atoms with Crippen LogP contribution in [-0.2, 0) is 0 Å². The average Bonchev–Trinajstić information content (AvgIpc) is 2.67. The number of nitrogens with two attached hydrogens (primary N) is 1. The van der Waals surface area contributed by atoms with Crippen LogP contribution in [0.25, 0.3) is 0 Å². The minimum atomic E-state index is -0.0115. The highest BCUT2D eigenvalue weighted by Crippen LogP contribution is 2.26. The molecule has 0 bridgehead atoms. The van der Waals surface area contributed by atoms with Crippen LogP contribution < -0.4 is 5.73 Å². The molecule has 0 saturated carbocycles. The van der Waals surface area contributed by atoms with Gasteiger partial charge in [-0.25, -0.2) is 0 Å². The lowest BCUT2D eigenvalue weighted by molar-refractivity contribution is 0.0499. The third kappa shape index (κ3) is 2.29. The lowest BCUT2D eigenvalue weighted by atomic mass is 9.90. The number of aryl methyl sites for hydroxylation is 2. The molecule has 0 radical (unpaired) electrons. The fraction of sp³-hybridized carbons (Fsp3) is 0.643. The van der Waals surface area contributed by atoms with Gasteiger partial charge in [-0.2, -0.15) is 0 Å². The summed E-state index contributed by atoms with van der Waals surface area (Å²) >= 11 is 0. The lowest BCUT2D eigenvalue weighted by Crippen LogP contribution is -2.51. The van der Waals surface area contributed by atoms with E-state index in [0.29, 0.717) is 18.2 Å². The first-order valence-electron chi connectivity index (χ1n) is 6.62. The van der Waals surface area contributed by atoms with E-state index in [1.54, 1.807) is 0 Å². The zero-order valence-electron chi connectivity index (χ0n) is 11.4. The molecular formula is C14H22N2O2. The molecule has 1 fully saturated rings. The molecule has 100 valence electrons. The van der Waals surface area contributed by atoms with E-state index in [4.69, 9.17) is 10.2 Å². The third-order valence-corrected chi connectivity index (χ3v) is 3.85. The van der Waals surface area contributed by atoms with E-state index in [1.807, 2.05) is 24.8 Å². The van der Waals surface area contributed by atoms with Gasteiger partial charge in [-0.15, -0.1) is 0 Å². The molecule has 4 heteroatoms. The predicted octanol–water partition coefficient (Wildman–Crippen LogP) is 2.10. The Hall–Kier alpha value is -1.29. The summed E-state index contributed by atoms with van der Waals surface area (Å²) in [5.74, 6) is 1.71. The van der Waals surface area contributed by atoms with Gasteiger partial charge in [-0.3, -0.25) is 4.79 Å². The molecule has 2 heterocycles. The molecular weight excluding hydrogens is 228 g/mol. The highest BCUT2D eigenvalue weighted by Gasteiger charge is 2.33. The molecule has 1 aromatic heterocycles. The Morgan fingerprint density at radius 2 is 2.28 bits per heavy atom. The molecule has 0 aliphatic carbocycles. The molecule has 4 nitrogen and oxygen atoms in total. The van der Waals surface area contributed by atoms with E-state index < -0.39 is 0 Å². The monoisotopic (exact) mass is 250 g/mol. The summed E-state index contributed by atoms with van der Waals surface area (Å²) in [5.41, 5.74) is 6.73. The zero-order valence-corrected chi connectivity index (χ0v) is 11.4. The van der Waals surface area contributed by atoms with Crippen LogP contribution in [0.4, 0.5) is 0 Å². The summed E-state index contributed by atoms with van der Waals surface area (Å²) in [6, 6.07) is 2.04. The van der Waals surface area contributed by atoms with E-state index in [2.05, 4.69) is 6.92 Å². The summed E-state index contributed by atoms with van der Waals surface area (Å²) in [6.07, 6.45) is 2.18. The Bertz CT molecular complexity index is 439. The molecule has 0 unspecified atom stereocenters. The van der Waals surface area contributed by atoms with Crippen LogP contribution in [0.1, 0.15) is 41.6 Å². The summed E-state index contributed by atoms with van der Waals surface area (Å²) < 4.78 is 5.53. The summed E-state index contributed by atoms with van der Waals surface area (Å²) in [5, 5.41) is 0. The van der Waals surface area contributed by atoms with Crippen molar-refractivity contribution in [3.05, 3.63) is 23.2 Å². The van der Waals surface area contributed by atoms with E-state index in [9.17, 15) is 4.79 Å². The van der Waals surface area contributed by atoms with Crippen molar-refractivity contribution in [2.24, 2.45) is 11.7 Å². The van der Waals surface area contributed by atoms with Crippen molar-refractivity contribution in [3.63, 3.8) is 0 Å². The largest absolute Gasteiger partial charge is 0.456 e. The van der Waals surface area contributed by atoms with E-state index >= 15 is 0 Å². The van der Waals surface area contributed by atoms with Crippen LogP contribution in [0.3, 0.4) is 0 Å². The lowest BCUT2D eigenvalue weighted by Gasteiger charge is -2.39. The van der Waals surface area contributed by atoms with E-state index in [-0.39, 0.29) is 11.9 Å². The van der Waals surface area contributed by atoms with Gasteiger partial charge < -0.3 is 15.1 Å². The van der Waals surface area contributed by atoms with Crippen LogP contribution in [-0.4, -0.2) is 29.9 Å². The summed E-state index contributed by atoms with van der Waals surface area (Å²) in [4.78, 5) is 14.4. The highest BCUT2D eigenvalue weighted by atomic mass is 16.4.